The van der Waals surface area contributed by atoms with Gasteiger partial charge in [-0.2, -0.15) is 4.98 Å². The first-order chi connectivity index (χ1) is 10.3. The van der Waals surface area contributed by atoms with Crippen molar-refractivity contribution in [1.29, 1.82) is 0 Å². The molecule has 1 fully saturated rings. The number of aryl methyl sites for hydroxylation is 1. The third-order valence-electron chi connectivity index (χ3n) is 3.48. The van der Waals surface area contributed by atoms with Crippen molar-refractivity contribution in [3.8, 4) is 0 Å². The highest BCUT2D eigenvalue weighted by Gasteiger charge is 2.22. The topological polar surface area (TPSA) is 83.4 Å². The van der Waals surface area contributed by atoms with Gasteiger partial charge in [-0.1, -0.05) is 35.5 Å². The van der Waals surface area contributed by atoms with E-state index in [0.29, 0.717) is 38.0 Å². The van der Waals surface area contributed by atoms with E-state index in [1.54, 1.807) is 0 Å². The highest BCUT2D eigenvalue weighted by Crippen LogP contribution is 2.20. The molecule has 1 aliphatic heterocycles. The Morgan fingerprint density at radius 2 is 2.10 bits per heavy atom. The van der Waals surface area contributed by atoms with Gasteiger partial charge in [-0.15, -0.1) is 0 Å². The minimum Gasteiger partial charge on any atom is -0.376 e. The van der Waals surface area contributed by atoms with Crippen LogP contribution in [0.25, 0.3) is 0 Å². The van der Waals surface area contributed by atoms with E-state index >= 15 is 0 Å². The second kappa shape index (κ2) is 6.80. The van der Waals surface area contributed by atoms with Gasteiger partial charge in [0, 0.05) is 12.5 Å². The summed E-state index contributed by atoms with van der Waals surface area (Å²) >= 11 is 0. The van der Waals surface area contributed by atoms with Crippen LogP contribution in [0.4, 0.5) is 0 Å². The zero-order chi connectivity index (χ0) is 14.5. The minimum atomic E-state index is -0.223. The predicted octanol–water partition coefficient (Wildman–Crippen LogP) is 1.79. The van der Waals surface area contributed by atoms with Crippen molar-refractivity contribution < 1.29 is 14.0 Å². The van der Waals surface area contributed by atoms with Gasteiger partial charge in [0.15, 0.2) is 0 Å². The van der Waals surface area contributed by atoms with E-state index < -0.39 is 0 Å². The number of hydrogen-bond acceptors (Lipinski definition) is 6. The zero-order valence-corrected chi connectivity index (χ0v) is 11.8. The summed E-state index contributed by atoms with van der Waals surface area (Å²) in [6, 6.07) is 9.97. The third kappa shape index (κ3) is 3.66. The molecule has 21 heavy (non-hydrogen) atoms. The van der Waals surface area contributed by atoms with Gasteiger partial charge in [0.05, 0.1) is 19.8 Å². The number of nitrogens with two attached hydrogens (primary N) is 1. The van der Waals surface area contributed by atoms with E-state index in [0.717, 1.165) is 12.0 Å². The Hall–Kier alpha value is -1.76. The van der Waals surface area contributed by atoms with Gasteiger partial charge < -0.3 is 19.7 Å². The maximum Gasteiger partial charge on any atom is 0.226 e. The standard InChI is InChI=1S/C15H19N3O3/c16-12(11-4-2-1-3-5-11)6-7-14-17-15(18-21-14)13-10-19-8-9-20-13/h1-5,12-13H,6-10,16H2. The molecule has 0 radical (unpaired) electrons. The highest BCUT2D eigenvalue weighted by atomic mass is 16.6. The van der Waals surface area contributed by atoms with Crippen molar-refractivity contribution in [3.05, 3.63) is 47.6 Å². The molecule has 6 heteroatoms. The molecule has 1 aliphatic rings. The van der Waals surface area contributed by atoms with Crippen molar-refractivity contribution >= 4 is 0 Å². The molecule has 112 valence electrons. The summed E-state index contributed by atoms with van der Waals surface area (Å²) in [5.41, 5.74) is 7.27. The average Bonchev–Trinajstić information content (AvgIpc) is 3.03. The minimum absolute atomic E-state index is 0.0317. The molecule has 2 unspecified atom stereocenters. The van der Waals surface area contributed by atoms with Gasteiger partial charge in [-0.05, 0) is 12.0 Å². The van der Waals surface area contributed by atoms with Gasteiger partial charge in [0.2, 0.25) is 11.7 Å². The lowest BCUT2D eigenvalue weighted by atomic mass is 10.0. The molecule has 6 nitrogen and oxygen atoms in total. The molecule has 2 atom stereocenters. The molecule has 0 bridgehead atoms. The molecule has 1 aromatic heterocycles. The summed E-state index contributed by atoms with van der Waals surface area (Å²) in [6.07, 6.45) is 1.18. The van der Waals surface area contributed by atoms with Crippen LogP contribution in [0.1, 0.15) is 35.8 Å². The van der Waals surface area contributed by atoms with E-state index in [4.69, 9.17) is 19.7 Å². The Balaban J connectivity index is 1.55. The Bertz CT molecular complexity index is 552. The van der Waals surface area contributed by atoms with Crippen LogP contribution >= 0.6 is 0 Å². The van der Waals surface area contributed by atoms with E-state index in [-0.39, 0.29) is 12.1 Å². The molecule has 0 saturated carbocycles. The summed E-state index contributed by atoms with van der Waals surface area (Å²) < 4.78 is 16.1. The third-order valence-corrected chi connectivity index (χ3v) is 3.48. The van der Waals surface area contributed by atoms with E-state index in [9.17, 15) is 0 Å². The average molecular weight is 289 g/mol. The van der Waals surface area contributed by atoms with Crippen molar-refractivity contribution in [2.75, 3.05) is 19.8 Å². The number of nitrogens with zero attached hydrogens (tertiary/aromatic N) is 2. The van der Waals surface area contributed by atoms with Crippen molar-refractivity contribution in [2.24, 2.45) is 5.73 Å². The van der Waals surface area contributed by atoms with E-state index in [1.165, 1.54) is 0 Å². The molecule has 2 heterocycles. The summed E-state index contributed by atoms with van der Waals surface area (Å²) in [7, 11) is 0. The summed E-state index contributed by atoms with van der Waals surface area (Å²) in [5, 5.41) is 3.96. The normalized spacial score (nSPS) is 20.3. The van der Waals surface area contributed by atoms with Crippen LogP contribution in [-0.2, 0) is 15.9 Å². The molecule has 2 N–H and O–H groups in total. The summed E-state index contributed by atoms with van der Waals surface area (Å²) in [6.45, 7) is 1.66. The first-order valence-corrected chi connectivity index (χ1v) is 7.15. The van der Waals surface area contributed by atoms with Crippen LogP contribution in [0.5, 0.6) is 0 Å². The molecular weight excluding hydrogens is 270 g/mol. The molecule has 0 amide bonds. The molecule has 3 rings (SSSR count). The zero-order valence-electron chi connectivity index (χ0n) is 11.8. The predicted molar refractivity (Wildman–Crippen MR) is 75.5 cm³/mol. The summed E-state index contributed by atoms with van der Waals surface area (Å²) in [5.74, 6) is 1.14. The van der Waals surface area contributed by atoms with Crippen LogP contribution in [0, 0.1) is 0 Å². The van der Waals surface area contributed by atoms with Gasteiger partial charge >= 0.3 is 0 Å². The number of benzene rings is 1. The monoisotopic (exact) mass is 289 g/mol. The molecule has 0 aliphatic carbocycles. The van der Waals surface area contributed by atoms with Crippen LogP contribution < -0.4 is 5.73 Å². The fraction of sp³-hybridized carbons (Fsp3) is 0.467. The maximum absolute atomic E-state index is 6.16. The lowest BCUT2D eigenvalue weighted by molar-refractivity contribution is -0.0941. The first-order valence-electron chi connectivity index (χ1n) is 7.15. The fourth-order valence-electron chi connectivity index (χ4n) is 2.28. The molecule has 0 spiro atoms. The van der Waals surface area contributed by atoms with Crippen LogP contribution in [0.2, 0.25) is 0 Å². The number of rotatable bonds is 5. The second-order valence-corrected chi connectivity index (χ2v) is 5.04. The van der Waals surface area contributed by atoms with Crippen molar-refractivity contribution in [3.63, 3.8) is 0 Å². The molecule has 1 aromatic carbocycles. The quantitative estimate of drug-likeness (QED) is 0.903. The van der Waals surface area contributed by atoms with Crippen LogP contribution in [0.15, 0.2) is 34.9 Å². The largest absolute Gasteiger partial charge is 0.376 e. The molecular formula is C15H19N3O3. The number of ether oxygens (including phenoxy) is 2. The molecule has 1 saturated heterocycles. The highest BCUT2D eigenvalue weighted by molar-refractivity contribution is 5.18. The van der Waals surface area contributed by atoms with Crippen molar-refractivity contribution in [2.45, 2.75) is 25.0 Å². The number of aromatic nitrogens is 2. The van der Waals surface area contributed by atoms with Gasteiger partial charge in [-0.25, -0.2) is 0 Å². The Morgan fingerprint density at radius 1 is 1.24 bits per heavy atom. The van der Waals surface area contributed by atoms with E-state index in [1.807, 2.05) is 30.3 Å². The van der Waals surface area contributed by atoms with Crippen molar-refractivity contribution in [1.82, 2.24) is 10.1 Å². The number of hydrogen-bond donors (Lipinski definition) is 1. The Kier molecular flexibility index (Phi) is 4.59. The Morgan fingerprint density at radius 3 is 2.86 bits per heavy atom. The smallest absolute Gasteiger partial charge is 0.226 e. The SMILES string of the molecule is NC(CCc1nc(C2COCCO2)no1)c1ccccc1. The summed E-state index contributed by atoms with van der Waals surface area (Å²) in [4.78, 5) is 4.36. The lowest BCUT2D eigenvalue weighted by Crippen LogP contribution is -2.22. The van der Waals surface area contributed by atoms with Gasteiger partial charge in [0.25, 0.3) is 0 Å². The Labute approximate surface area is 123 Å². The van der Waals surface area contributed by atoms with Crippen LogP contribution in [-0.4, -0.2) is 30.0 Å². The fourth-order valence-corrected chi connectivity index (χ4v) is 2.28. The maximum atomic E-state index is 6.16. The van der Waals surface area contributed by atoms with Gasteiger partial charge in [-0.3, -0.25) is 0 Å². The lowest BCUT2D eigenvalue weighted by Gasteiger charge is -2.19. The van der Waals surface area contributed by atoms with E-state index in [2.05, 4.69) is 10.1 Å². The first kappa shape index (κ1) is 14.2. The molecule has 2 aromatic rings. The second-order valence-electron chi connectivity index (χ2n) is 5.04. The van der Waals surface area contributed by atoms with Crippen LogP contribution in [0.3, 0.4) is 0 Å². The van der Waals surface area contributed by atoms with Gasteiger partial charge in [0.1, 0.15) is 6.10 Å².